The van der Waals surface area contributed by atoms with Crippen molar-refractivity contribution in [3.8, 4) is 22.6 Å². The molecular weight excluding hydrogens is 374 g/mol. The SMILES string of the molecule is CC(Cl)CCCCCl.COc1ccccc1-c1cccc(P)c1OC. The highest BCUT2D eigenvalue weighted by Crippen LogP contribution is 2.35. The van der Waals surface area contributed by atoms with E-state index in [-0.39, 0.29) is 0 Å². The van der Waals surface area contributed by atoms with Crippen LogP contribution in [0.4, 0.5) is 0 Å². The number of alkyl halides is 2. The van der Waals surface area contributed by atoms with E-state index < -0.39 is 0 Å². The topological polar surface area (TPSA) is 18.5 Å². The van der Waals surface area contributed by atoms with E-state index in [0.29, 0.717) is 5.38 Å². The van der Waals surface area contributed by atoms with Crippen LogP contribution < -0.4 is 14.8 Å². The maximum absolute atomic E-state index is 5.67. The number of para-hydroxylation sites is 2. The highest BCUT2D eigenvalue weighted by atomic mass is 35.5. The van der Waals surface area contributed by atoms with Crippen LogP contribution in [0, 0.1) is 0 Å². The van der Waals surface area contributed by atoms with Crippen LogP contribution in [0.1, 0.15) is 26.2 Å². The van der Waals surface area contributed by atoms with Crippen LogP contribution in [0.15, 0.2) is 42.5 Å². The lowest BCUT2D eigenvalue weighted by molar-refractivity contribution is 0.412. The first-order chi connectivity index (χ1) is 12.0. The molecule has 2 aromatic rings. The van der Waals surface area contributed by atoms with Crippen LogP contribution in [-0.2, 0) is 0 Å². The number of hydrogen-bond acceptors (Lipinski definition) is 2. The molecule has 0 heterocycles. The molecule has 2 atom stereocenters. The first-order valence-corrected chi connectivity index (χ1v) is 9.85. The van der Waals surface area contributed by atoms with Gasteiger partial charge in [-0.3, -0.25) is 0 Å². The van der Waals surface area contributed by atoms with Crippen molar-refractivity contribution in [2.75, 3.05) is 20.1 Å². The van der Waals surface area contributed by atoms with Crippen molar-refractivity contribution in [1.82, 2.24) is 0 Å². The van der Waals surface area contributed by atoms with Crippen molar-refractivity contribution < 1.29 is 9.47 Å². The third-order valence-corrected chi connectivity index (χ3v) is 4.57. The van der Waals surface area contributed by atoms with Crippen LogP contribution >= 0.6 is 32.4 Å². The van der Waals surface area contributed by atoms with Crippen molar-refractivity contribution >= 4 is 37.7 Å². The van der Waals surface area contributed by atoms with E-state index >= 15 is 0 Å². The average molecular weight is 401 g/mol. The minimum Gasteiger partial charge on any atom is -0.496 e. The zero-order valence-electron chi connectivity index (χ0n) is 15.1. The average Bonchev–Trinajstić information content (AvgIpc) is 2.62. The molecule has 0 fully saturated rings. The normalized spacial score (nSPS) is 11.3. The zero-order chi connectivity index (χ0) is 18.7. The van der Waals surface area contributed by atoms with Crippen LogP contribution in [0.2, 0.25) is 0 Å². The molecule has 2 rings (SSSR count). The third-order valence-electron chi connectivity index (χ3n) is 3.63. The Morgan fingerprint density at radius 1 is 0.960 bits per heavy atom. The molecule has 0 aliphatic heterocycles. The molecule has 0 amide bonds. The Morgan fingerprint density at radius 3 is 2.24 bits per heavy atom. The van der Waals surface area contributed by atoms with Crippen molar-refractivity contribution in [1.29, 1.82) is 0 Å². The lowest BCUT2D eigenvalue weighted by atomic mass is 10.0. The summed E-state index contributed by atoms with van der Waals surface area (Å²) in [5.41, 5.74) is 2.08. The van der Waals surface area contributed by atoms with Gasteiger partial charge >= 0.3 is 0 Å². The molecule has 5 heteroatoms. The minimum atomic E-state index is 0.318. The summed E-state index contributed by atoms with van der Waals surface area (Å²) in [7, 11) is 6.04. The monoisotopic (exact) mass is 400 g/mol. The van der Waals surface area contributed by atoms with Gasteiger partial charge in [0.05, 0.1) is 14.2 Å². The number of methoxy groups -OCH3 is 2. The minimum absolute atomic E-state index is 0.318. The van der Waals surface area contributed by atoms with Crippen LogP contribution in [0.5, 0.6) is 11.5 Å². The van der Waals surface area contributed by atoms with Gasteiger partial charge in [0.2, 0.25) is 0 Å². The molecule has 2 unspecified atom stereocenters. The third kappa shape index (κ3) is 7.44. The van der Waals surface area contributed by atoms with Crippen LogP contribution in [-0.4, -0.2) is 25.5 Å². The molecule has 0 radical (unpaired) electrons. The van der Waals surface area contributed by atoms with Gasteiger partial charge in [0.15, 0.2) is 0 Å². The highest BCUT2D eigenvalue weighted by Gasteiger charge is 2.11. The summed E-state index contributed by atoms with van der Waals surface area (Å²) >= 11 is 11.1. The van der Waals surface area contributed by atoms with Gasteiger partial charge < -0.3 is 9.47 Å². The standard InChI is InChI=1S/C14H15O2P.C6H12Cl2/c1-15-12-8-4-3-6-10(12)11-7-5-9-13(17)14(11)16-2;1-6(8)4-2-3-5-7/h3-9H,17H2,1-2H3;6H,2-5H2,1H3. The van der Waals surface area contributed by atoms with Crippen LogP contribution in [0.25, 0.3) is 11.1 Å². The lowest BCUT2D eigenvalue weighted by Gasteiger charge is -2.13. The molecular formula is C20H27Cl2O2P. The maximum atomic E-state index is 5.67. The van der Waals surface area contributed by atoms with Crippen molar-refractivity contribution in [3.05, 3.63) is 42.5 Å². The fourth-order valence-electron chi connectivity index (χ4n) is 2.38. The molecule has 0 bridgehead atoms. The molecule has 0 aliphatic carbocycles. The Bertz CT molecular complexity index is 633. The molecule has 138 valence electrons. The lowest BCUT2D eigenvalue weighted by Crippen LogP contribution is -2.00. The number of benzene rings is 2. The predicted molar refractivity (Wildman–Crippen MR) is 114 cm³/mol. The van der Waals surface area contributed by atoms with E-state index in [1.54, 1.807) is 14.2 Å². The van der Waals surface area contributed by atoms with Gasteiger partial charge in [0.1, 0.15) is 11.5 Å². The van der Waals surface area contributed by atoms with E-state index in [2.05, 4.69) is 9.24 Å². The Balaban J connectivity index is 0.000000333. The number of ether oxygens (including phenoxy) is 2. The van der Waals surface area contributed by atoms with E-state index in [0.717, 1.165) is 53.1 Å². The fourth-order valence-corrected chi connectivity index (χ4v) is 3.11. The molecule has 2 aromatic carbocycles. The summed E-state index contributed by atoms with van der Waals surface area (Å²) in [5.74, 6) is 2.48. The van der Waals surface area contributed by atoms with Crippen molar-refractivity contribution in [3.63, 3.8) is 0 Å². The summed E-state index contributed by atoms with van der Waals surface area (Å²) in [6, 6.07) is 14.0. The van der Waals surface area contributed by atoms with E-state index in [1.807, 2.05) is 49.4 Å². The molecule has 2 nitrogen and oxygen atoms in total. The van der Waals surface area contributed by atoms with Gasteiger partial charge in [-0.2, -0.15) is 0 Å². The van der Waals surface area contributed by atoms with Gasteiger partial charge in [-0.25, -0.2) is 0 Å². The molecule has 0 spiro atoms. The Labute approximate surface area is 164 Å². The van der Waals surface area contributed by atoms with E-state index in [4.69, 9.17) is 32.7 Å². The van der Waals surface area contributed by atoms with Crippen molar-refractivity contribution in [2.45, 2.75) is 31.6 Å². The molecule has 25 heavy (non-hydrogen) atoms. The number of halogens is 2. The Morgan fingerprint density at radius 2 is 1.64 bits per heavy atom. The summed E-state index contributed by atoms with van der Waals surface area (Å²) in [5, 5.41) is 1.36. The maximum Gasteiger partial charge on any atom is 0.133 e. The smallest absolute Gasteiger partial charge is 0.133 e. The van der Waals surface area contributed by atoms with Crippen LogP contribution in [0.3, 0.4) is 0 Å². The van der Waals surface area contributed by atoms with Gasteiger partial charge in [-0.05, 0) is 25.8 Å². The van der Waals surface area contributed by atoms with Gasteiger partial charge in [-0.1, -0.05) is 42.8 Å². The fraction of sp³-hybridized carbons (Fsp3) is 0.400. The Hall–Kier alpha value is -0.950. The van der Waals surface area contributed by atoms with Crippen molar-refractivity contribution in [2.24, 2.45) is 0 Å². The summed E-state index contributed by atoms with van der Waals surface area (Å²) in [4.78, 5) is 0. The van der Waals surface area contributed by atoms with Gasteiger partial charge in [0.25, 0.3) is 0 Å². The number of unbranched alkanes of at least 4 members (excludes halogenated alkanes) is 1. The summed E-state index contributed by atoms with van der Waals surface area (Å²) < 4.78 is 10.8. The second-order valence-corrected chi connectivity index (χ2v) is 7.34. The second-order valence-electron chi connectivity index (χ2n) is 5.59. The second kappa shape index (κ2) is 12.4. The summed E-state index contributed by atoms with van der Waals surface area (Å²) in [6.45, 7) is 2.01. The molecule has 0 N–H and O–H groups in total. The molecule has 0 saturated carbocycles. The molecule has 0 aliphatic rings. The van der Waals surface area contributed by atoms with E-state index in [1.165, 1.54) is 0 Å². The first kappa shape index (κ1) is 22.1. The molecule has 0 aromatic heterocycles. The number of hydrogen-bond donors (Lipinski definition) is 0. The predicted octanol–water partition coefficient (Wildman–Crippen LogP) is 5.89. The zero-order valence-corrected chi connectivity index (χ0v) is 17.8. The summed E-state index contributed by atoms with van der Waals surface area (Å²) in [6.07, 6.45) is 3.35. The number of rotatable bonds is 7. The van der Waals surface area contributed by atoms with E-state index in [9.17, 15) is 0 Å². The van der Waals surface area contributed by atoms with Gasteiger partial charge in [-0.15, -0.1) is 32.4 Å². The van der Waals surface area contributed by atoms with Gasteiger partial charge in [0, 0.05) is 27.7 Å². The largest absolute Gasteiger partial charge is 0.496 e. The quantitative estimate of drug-likeness (QED) is 0.327. The molecule has 0 saturated heterocycles. The highest BCUT2D eigenvalue weighted by molar-refractivity contribution is 7.27. The Kier molecular flexibility index (Phi) is 11.0. The first-order valence-electron chi connectivity index (χ1n) is 8.31.